The van der Waals surface area contributed by atoms with E-state index >= 15 is 0 Å². The summed E-state index contributed by atoms with van der Waals surface area (Å²) in [5.74, 6) is 0.399. The summed E-state index contributed by atoms with van der Waals surface area (Å²) in [5.41, 5.74) is 6.90. The highest BCUT2D eigenvalue weighted by Gasteiger charge is 2.29. The first-order valence-electron chi connectivity index (χ1n) is 4.38. The minimum atomic E-state index is -0.182. The Morgan fingerprint density at radius 3 is 2.62 bits per heavy atom. The molecule has 0 aliphatic heterocycles. The molecule has 1 aromatic rings. The Bertz CT molecular complexity index is 302. The predicted molar refractivity (Wildman–Crippen MR) is 58.8 cm³/mol. The van der Waals surface area contributed by atoms with Gasteiger partial charge in [0.1, 0.15) is 5.82 Å². The van der Waals surface area contributed by atoms with Crippen LogP contribution in [0.25, 0.3) is 0 Å². The Morgan fingerprint density at radius 2 is 2.08 bits per heavy atom. The molecular weight excluding hydrogens is 280 g/mol. The van der Waals surface area contributed by atoms with E-state index in [-0.39, 0.29) is 11.9 Å². The van der Waals surface area contributed by atoms with Crippen molar-refractivity contribution in [1.82, 2.24) is 0 Å². The molecule has 1 atom stereocenters. The van der Waals surface area contributed by atoms with Crippen LogP contribution in [0.4, 0.5) is 4.39 Å². The maximum atomic E-state index is 13.0. The molecule has 1 fully saturated rings. The minimum Gasteiger partial charge on any atom is -0.324 e. The van der Waals surface area contributed by atoms with Gasteiger partial charge in [-0.05, 0) is 65.1 Å². The number of nitrogens with two attached hydrogens (primary N) is 1. The van der Waals surface area contributed by atoms with Gasteiger partial charge in [0, 0.05) is 9.61 Å². The Labute approximate surface area is 90.7 Å². The van der Waals surface area contributed by atoms with Gasteiger partial charge in [0.2, 0.25) is 0 Å². The first-order chi connectivity index (χ1) is 6.16. The van der Waals surface area contributed by atoms with Gasteiger partial charge in [0.15, 0.2) is 0 Å². The number of rotatable bonds is 2. The van der Waals surface area contributed by atoms with Gasteiger partial charge in [-0.25, -0.2) is 4.39 Å². The van der Waals surface area contributed by atoms with Crippen molar-refractivity contribution in [3.63, 3.8) is 0 Å². The van der Waals surface area contributed by atoms with Gasteiger partial charge in [-0.2, -0.15) is 0 Å². The topological polar surface area (TPSA) is 26.0 Å². The average molecular weight is 291 g/mol. The molecule has 1 aromatic carbocycles. The second kappa shape index (κ2) is 3.53. The summed E-state index contributed by atoms with van der Waals surface area (Å²) in [7, 11) is 0. The maximum Gasteiger partial charge on any atom is 0.124 e. The molecule has 2 rings (SSSR count). The summed E-state index contributed by atoms with van der Waals surface area (Å²) in [6.07, 6.45) is 2.38. The molecule has 0 bridgehead atoms. The second-order valence-corrected chi connectivity index (χ2v) is 4.81. The second-order valence-electron chi connectivity index (χ2n) is 3.57. The molecule has 13 heavy (non-hydrogen) atoms. The van der Waals surface area contributed by atoms with Crippen LogP contribution in [0.5, 0.6) is 0 Å². The highest BCUT2D eigenvalue weighted by atomic mass is 127. The molecule has 1 aliphatic carbocycles. The van der Waals surface area contributed by atoms with Crippen molar-refractivity contribution in [2.45, 2.75) is 18.9 Å². The molecule has 0 unspecified atom stereocenters. The van der Waals surface area contributed by atoms with Crippen LogP contribution < -0.4 is 5.73 Å². The summed E-state index contributed by atoms with van der Waals surface area (Å²) in [6.45, 7) is 0. The van der Waals surface area contributed by atoms with Crippen molar-refractivity contribution < 1.29 is 4.39 Å². The van der Waals surface area contributed by atoms with Crippen molar-refractivity contribution in [3.8, 4) is 0 Å². The summed E-state index contributed by atoms with van der Waals surface area (Å²) < 4.78 is 13.9. The van der Waals surface area contributed by atoms with E-state index in [0.717, 1.165) is 9.13 Å². The molecule has 1 nitrogen and oxygen atoms in total. The third-order valence-electron chi connectivity index (χ3n) is 2.40. The number of hydrogen-bond acceptors (Lipinski definition) is 1. The van der Waals surface area contributed by atoms with Crippen LogP contribution in [0.15, 0.2) is 18.2 Å². The van der Waals surface area contributed by atoms with Gasteiger partial charge in [0.05, 0.1) is 0 Å². The quantitative estimate of drug-likeness (QED) is 0.833. The summed E-state index contributed by atoms with van der Waals surface area (Å²) in [6, 6.07) is 5.06. The molecule has 1 aliphatic rings. The lowest BCUT2D eigenvalue weighted by atomic mass is 10.0. The minimum absolute atomic E-state index is 0.0317. The molecule has 3 heteroatoms. The monoisotopic (exact) mass is 291 g/mol. The lowest BCUT2D eigenvalue weighted by Crippen LogP contribution is -2.12. The van der Waals surface area contributed by atoms with Crippen molar-refractivity contribution >= 4 is 22.6 Å². The highest BCUT2D eigenvalue weighted by Crippen LogP contribution is 2.39. The van der Waals surface area contributed by atoms with Crippen molar-refractivity contribution in [3.05, 3.63) is 33.1 Å². The first-order valence-corrected chi connectivity index (χ1v) is 5.46. The fraction of sp³-hybridized carbons (Fsp3) is 0.400. The summed E-state index contributed by atoms with van der Waals surface area (Å²) in [5, 5.41) is 0. The van der Waals surface area contributed by atoms with E-state index in [1.165, 1.54) is 18.9 Å². The van der Waals surface area contributed by atoms with Crippen LogP contribution in [-0.4, -0.2) is 0 Å². The first kappa shape index (κ1) is 9.40. The Kier molecular flexibility index (Phi) is 2.55. The van der Waals surface area contributed by atoms with Gasteiger partial charge in [-0.3, -0.25) is 0 Å². The number of halogens is 2. The molecule has 2 N–H and O–H groups in total. The lowest BCUT2D eigenvalue weighted by Gasteiger charge is -2.10. The Morgan fingerprint density at radius 1 is 1.38 bits per heavy atom. The van der Waals surface area contributed by atoms with E-state index < -0.39 is 0 Å². The Balaban J connectivity index is 2.27. The van der Waals surface area contributed by atoms with Crippen LogP contribution in [-0.2, 0) is 0 Å². The van der Waals surface area contributed by atoms with Crippen LogP contribution >= 0.6 is 22.6 Å². The average Bonchev–Trinajstić information content (AvgIpc) is 2.83. The zero-order valence-corrected chi connectivity index (χ0v) is 9.29. The van der Waals surface area contributed by atoms with Gasteiger partial charge < -0.3 is 5.73 Å². The Hall–Kier alpha value is -0.160. The van der Waals surface area contributed by atoms with Crippen LogP contribution in [0, 0.1) is 15.3 Å². The molecule has 0 amide bonds. The third kappa shape index (κ3) is 2.20. The van der Waals surface area contributed by atoms with Crippen molar-refractivity contribution in [1.29, 1.82) is 0 Å². The molecule has 1 saturated carbocycles. The fourth-order valence-electron chi connectivity index (χ4n) is 1.50. The van der Waals surface area contributed by atoms with Gasteiger partial charge in [0.25, 0.3) is 0 Å². The molecule has 0 radical (unpaired) electrons. The summed E-state index contributed by atoms with van der Waals surface area (Å²) in [4.78, 5) is 0. The molecule has 0 spiro atoms. The van der Waals surface area contributed by atoms with Gasteiger partial charge >= 0.3 is 0 Å². The summed E-state index contributed by atoms with van der Waals surface area (Å²) >= 11 is 2.11. The smallest absolute Gasteiger partial charge is 0.124 e. The van der Waals surface area contributed by atoms with Crippen LogP contribution in [0.2, 0.25) is 0 Å². The molecule has 0 aromatic heterocycles. The number of benzene rings is 1. The van der Waals surface area contributed by atoms with E-state index in [1.807, 2.05) is 6.07 Å². The normalized spacial score (nSPS) is 18.7. The molecular formula is C10H11FIN. The molecule has 70 valence electrons. The van der Waals surface area contributed by atoms with Crippen LogP contribution in [0.1, 0.15) is 24.4 Å². The van der Waals surface area contributed by atoms with Gasteiger partial charge in [-0.1, -0.05) is 0 Å². The van der Waals surface area contributed by atoms with E-state index in [9.17, 15) is 4.39 Å². The van der Waals surface area contributed by atoms with E-state index in [4.69, 9.17) is 5.73 Å². The fourth-order valence-corrected chi connectivity index (χ4v) is 2.15. The standard InChI is InChI=1S/C10H11FIN/c11-8-3-7(4-9(12)5-8)10(13)6-1-2-6/h3-6,10H,1-2,13H2/t10-/m1/s1. The molecule has 0 heterocycles. The zero-order valence-electron chi connectivity index (χ0n) is 7.13. The maximum absolute atomic E-state index is 13.0. The largest absolute Gasteiger partial charge is 0.324 e. The van der Waals surface area contributed by atoms with E-state index in [2.05, 4.69) is 22.6 Å². The zero-order chi connectivity index (χ0) is 9.42. The van der Waals surface area contributed by atoms with Gasteiger partial charge in [-0.15, -0.1) is 0 Å². The van der Waals surface area contributed by atoms with E-state index in [1.54, 1.807) is 6.07 Å². The van der Waals surface area contributed by atoms with Crippen LogP contribution in [0.3, 0.4) is 0 Å². The number of hydrogen-bond donors (Lipinski definition) is 1. The van der Waals surface area contributed by atoms with E-state index in [0.29, 0.717) is 5.92 Å². The molecule has 0 saturated heterocycles. The van der Waals surface area contributed by atoms with Crippen molar-refractivity contribution in [2.24, 2.45) is 11.7 Å². The van der Waals surface area contributed by atoms with Crippen molar-refractivity contribution in [2.75, 3.05) is 0 Å². The third-order valence-corrected chi connectivity index (χ3v) is 3.02. The lowest BCUT2D eigenvalue weighted by molar-refractivity contribution is 0.600. The predicted octanol–water partition coefficient (Wildman–Crippen LogP) is 2.84. The SMILES string of the molecule is N[C@@H](c1cc(F)cc(I)c1)C1CC1. The highest BCUT2D eigenvalue weighted by molar-refractivity contribution is 14.1.